The van der Waals surface area contributed by atoms with Gasteiger partial charge in [-0.25, -0.2) is 0 Å². The lowest BCUT2D eigenvalue weighted by molar-refractivity contribution is -0.122. The maximum atomic E-state index is 11.1. The fourth-order valence-electron chi connectivity index (χ4n) is 0.707. The van der Waals surface area contributed by atoms with Gasteiger partial charge in [-0.05, 0) is 19.5 Å². The molecule has 0 unspecified atom stereocenters. The third kappa shape index (κ3) is 7.54. The molecule has 0 aromatic heterocycles. The zero-order valence-corrected chi connectivity index (χ0v) is 8.77. The lowest BCUT2D eigenvalue weighted by atomic mass is 9.97. The molecule has 0 heterocycles. The third-order valence-corrected chi connectivity index (χ3v) is 1.28. The summed E-state index contributed by atoms with van der Waals surface area (Å²) in [4.78, 5) is 13.0. The number of carbonyl (C=O) groups is 1. The third-order valence-electron chi connectivity index (χ3n) is 1.28. The van der Waals surface area contributed by atoms with Crippen molar-refractivity contribution in [2.24, 2.45) is 5.41 Å². The smallest absolute Gasteiger partial charge is 0.234 e. The molecule has 0 radical (unpaired) electrons. The second-order valence-corrected chi connectivity index (χ2v) is 4.58. The topological polar surface area (TPSA) is 32.3 Å². The monoisotopic (exact) mass is 172 g/mol. The van der Waals surface area contributed by atoms with E-state index < -0.39 is 0 Å². The van der Waals surface area contributed by atoms with Crippen molar-refractivity contribution >= 4 is 5.91 Å². The number of nitrogens with zero attached hydrogens (tertiary/aromatic N) is 1. The highest BCUT2D eigenvalue weighted by Gasteiger charge is 2.11. The van der Waals surface area contributed by atoms with Crippen molar-refractivity contribution in [3.63, 3.8) is 0 Å². The van der Waals surface area contributed by atoms with Crippen LogP contribution in [0.1, 0.15) is 20.8 Å². The predicted molar refractivity (Wildman–Crippen MR) is 51.0 cm³/mol. The molecule has 0 bridgehead atoms. The van der Waals surface area contributed by atoms with Crippen LogP contribution in [0.25, 0.3) is 0 Å². The van der Waals surface area contributed by atoms with Gasteiger partial charge in [-0.2, -0.15) is 0 Å². The van der Waals surface area contributed by atoms with Gasteiger partial charge in [-0.1, -0.05) is 20.8 Å². The van der Waals surface area contributed by atoms with Gasteiger partial charge in [0, 0.05) is 6.54 Å². The maximum absolute atomic E-state index is 11.1. The van der Waals surface area contributed by atoms with E-state index in [2.05, 4.69) is 26.1 Å². The highest BCUT2D eigenvalue weighted by molar-refractivity contribution is 5.77. The molecule has 0 aliphatic heterocycles. The first-order valence-electron chi connectivity index (χ1n) is 4.23. The van der Waals surface area contributed by atoms with Crippen LogP contribution in [0.15, 0.2) is 0 Å². The minimum Gasteiger partial charge on any atom is -0.354 e. The van der Waals surface area contributed by atoms with E-state index in [9.17, 15) is 4.79 Å². The predicted octanol–water partition coefficient (Wildman–Crippen LogP) is 0.710. The first kappa shape index (κ1) is 11.4. The van der Waals surface area contributed by atoms with E-state index in [0.717, 1.165) is 6.54 Å². The average molecular weight is 172 g/mol. The summed E-state index contributed by atoms with van der Waals surface area (Å²) < 4.78 is 0. The van der Waals surface area contributed by atoms with Gasteiger partial charge in [-0.15, -0.1) is 0 Å². The van der Waals surface area contributed by atoms with Crippen LogP contribution in [0.2, 0.25) is 0 Å². The van der Waals surface area contributed by atoms with Gasteiger partial charge in [0.1, 0.15) is 0 Å². The SMILES string of the molecule is CN(C)CC(=O)NCC(C)(C)C. The Labute approximate surface area is 75.1 Å². The molecule has 0 aliphatic rings. The molecule has 3 nitrogen and oxygen atoms in total. The first-order valence-corrected chi connectivity index (χ1v) is 4.23. The van der Waals surface area contributed by atoms with Crippen molar-refractivity contribution in [3.8, 4) is 0 Å². The maximum Gasteiger partial charge on any atom is 0.234 e. The zero-order valence-electron chi connectivity index (χ0n) is 8.77. The second kappa shape index (κ2) is 4.45. The first-order chi connectivity index (χ1) is 5.31. The molecule has 3 heteroatoms. The summed E-state index contributed by atoms with van der Waals surface area (Å²) in [5, 5.41) is 2.87. The second-order valence-electron chi connectivity index (χ2n) is 4.58. The molecule has 0 atom stereocenters. The van der Waals surface area contributed by atoms with Crippen molar-refractivity contribution in [3.05, 3.63) is 0 Å². The summed E-state index contributed by atoms with van der Waals surface area (Å²) in [6.07, 6.45) is 0. The number of nitrogens with one attached hydrogen (secondary N) is 1. The van der Waals surface area contributed by atoms with Crippen LogP contribution < -0.4 is 5.32 Å². The summed E-state index contributed by atoms with van der Waals surface area (Å²) in [7, 11) is 3.77. The number of rotatable bonds is 3. The van der Waals surface area contributed by atoms with Gasteiger partial charge in [0.05, 0.1) is 6.54 Å². The number of hydrogen-bond acceptors (Lipinski definition) is 2. The molecule has 0 saturated carbocycles. The molecule has 0 spiro atoms. The van der Waals surface area contributed by atoms with E-state index in [1.807, 2.05) is 19.0 Å². The normalized spacial score (nSPS) is 11.8. The van der Waals surface area contributed by atoms with Crippen molar-refractivity contribution in [2.75, 3.05) is 27.2 Å². The quantitative estimate of drug-likeness (QED) is 0.680. The zero-order chi connectivity index (χ0) is 9.78. The Morgan fingerprint density at radius 2 is 1.83 bits per heavy atom. The van der Waals surface area contributed by atoms with Crippen LogP contribution in [0, 0.1) is 5.41 Å². The Bertz CT molecular complexity index is 147. The van der Waals surface area contributed by atoms with Gasteiger partial charge in [0.2, 0.25) is 5.91 Å². The number of amides is 1. The summed E-state index contributed by atoms with van der Waals surface area (Å²) in [5.41, 5.74) is 0.169. The summed E-state index contributed by atoms with van der Waals surface area (Å²) in [6.45, 7) is 7.50. The molecule has 1 N–H and O–H groups in total. The van der Waals surface area contributed by atoms with Gasteiger partial charge in [0.25, 0.3) is 0 Å². The Morgan fingerprint density at radius 1 is 1.33 bits per heavy atom. The van der Waals surface area contributed by atoms with Crippen LogP contribution in [0.3, 0.4) is 0 Å². The molecule has 72 valence electrons. The number of likely N-dealkylation sites (N-methyl/N-ethyl adjacent to an activating group) is 1. The molecule has 0 aliphatic carbocycles. The molecule has 0 saturated heterocycles. The molecule has 0 fully saturated rings. The Kier molecular flexibility index (Phi) is 4.24. The Morgan fingerprint density at radius 3 is 2.17 bits per heavy atom. The van der Waals surface area contributed by atoms with Crippen molar-refractivity contribution in [2.45, 2.75) is 20.8 Å². The number of hydrogen-bond donors (Lipinski definition) is 1. The fraction of sp³-hybridized carbons (Fsp3) is 0.889. The van der Waals surface area contributed by atoms with Crippen LogP contribution in [0.4, 0.5) is 0 Å². The fourth-order valence-corrected chi connectivity index (χ4v) is 0.707. The summed E-state index contributed by atoms with van der Waals surface area (Å²) >= 11 is 0. The molecule has 0 rings (SSSR count). The molecular weight excluding hydrogens is 152 g/mol. The highest BCUT2D eigenvalue weighted by atomic mass is 16.2. The van der Waals surface area contributed by atoms with Crippen molar-refractivity contribution in [1.82, 2.24) is 10.2 Å². The molecule has 0 aromatic carbocycles. The van der Waals surface area contributed by atoms with E-state index in [1.54, 1.807) is 0 Å². The van der Waals surface area contributed by atoms with E-state index in [4.69, 9.17) is 0 Å². The van der Waals surface area contributed by atoms with Gasteiger partial charge in [0.15, 0.2) is 0 Å². The van der Waals surface area contributed by atoms with Crippen LogP contribution in [-0.2, 0) is 4.79 Å². The van der Waals surface area contributed by atoms with Crippen molar-refractivity contribution < 1.29 is 4.79 Å². The minimum atomic E-state index is 0.0925. The minimum absolute atomic E-state index is 0.0925. The van der Waals surface area contributed by atoms with E-state index in [0.29, 0.717) is 6.54 Å². The van der Waals surface area contributed by atoms with Gasteiger partial charge in [-0.3, -0.25) is 4.79 Å². The summed E-state index contributed by atoms with van der Waals surface area (Å²) in [5.74, 6) is 0.0925. The molecule has 1 amide bonds. The van der Waals surface area contributed by atoms with Crippen LogP contribution in [0.5, 0.6) is 0 Å². The Balaban J connectivity index is 3.58. The number of carbonyl (C=O) groups excluding carboxylic acids is 1. The van der Waals surface area contributed by atoms with Crippen LogP contribution in [-0.4, -0.2) is 38.0 Å². The van der Waals surface area contributed by atoms with Gasteiger partial charge >= 0.3 is 0 Å². The van der Waals surface area contributed by atoms with E-state index in [1.165, 1.54) is 0 Å². The van der Waals surface area contributed by atoms with E-state index >= 15 is 0 Å². The Hall–Kier alpha value is -0.570. The molecule has 12 heavy (non-hydrogen) atoms. The molecule has 0 aromatic rings. The summed E-state index contributed by atoms with van der Waals surface area (Å²) in [6, 6.07) is 0. The molecular formula is C9H20N2O. The van der Waals surface area contributed by atoms with Crippen molar-refractivity contribution in [1.29, 1.82) is 0 Å². The van der Waals surface area contributed by atoms with Crippen LogP contribution >= 0.6 is 0 Å². The van der Waals surface area contributed by atoms with E-state index in [-0.39, 0.29) is 11.3 Å². The largest absolute Gasteiger partial charge is 0.354 e. The van der Waals surface area contributed by atoms with Gasteiger partial charge < -0.3 is 10.2 Å². The lowest BCUT2D eigenvalue weighted by Crippen LogP contribution is -2.37. The average Bonchev–Trinajstić information content (AvgIpc) is 1.80. The standard InChI is InChI=1S/C9H20N2O/c1-9(2,3)7-10-8(12)6-11(4)5/h6-7H2,1-5H3,(H,10,12). The highest BCUT2D eigenvalue weighted by Crippen LogP contribution is 2.09. The lowest BCUT2D eigenvalue weighted by Gasteiger charge is -2.19.